The average molecular weight is 358 g/mol. The Kier molecular flexibility index (Phi) is 5.58. The quantitative estimate of drug-likeness (QED) is 0.825. The molecule has 1 aliphatic heterocycles. The van der Waals surface area contributed by atoms with Crippen LogP contribution in [0.25, 0.3) is 11.3 Å². The lowest BCUT2D eigenvalue weighted by molar-refractivity contribution is 0.0269. The van der Waals surface area contributed by atoms with Gasteiger partial charge < -0.3 is 14.8 Å². The molecule has 1 saturated heterocycles. The highest BCUT2D eigenvalue weighted by Crippen LogP contribution is 2.25. The van der Waals surface area contributed by atoms with E-state index >= 15 is 0 Å². The van der Waals surface area contributed by atoms with Gasteiger partial charge in [-0.25, -0.2) is 0 Å². The summed E-state index contributed by atoms with van der Waals surface area (Å²) in [6.45, 7) is 8.10. The molecule has 1 fully saturated rings. The van der Waals surface area contributed by atoms with Crippen LogP contribution in [-0.2, 0) is 4.74 Å². The molecular weight excluding hydrogens is 332 g/mol. The molecule has 2 aromatic rings. The Balaban J connectivity index is 1.73. The molecule has 7 nitrogen and oxygen atoms in total. The monoisotopic (exact) mass is 358 g/mol. The molecule has 1 aromatic carbocycles. The zero-order valence-electron chi connectivity index (χ0n) is 15.5. The van der Waals surface area contributed by atoms with E-state index < -0.39 is 0 Å². The summed E-state index contributed by atoms with van der Waals surface area (Å²) < 4.78 is 10.7. The second-order valence-electron chi connectivity index (χ2n) is 7.12. The first-order valence-corrected chi connectivity index (χ1v) is 8.79. The van der Waals surface area contributed by atoms with Crippen molar-refractivity contribution in [2.75, 3.05) is 40.0 Å². The van der Waals surface area contributed by atoms with Crippen molar-refractivity contribution >= 4 is 5.91 Å². The summed E-state index contributed by atoms with van der Waals surface area (Å²) in [5.74, 6) is 0.589. The molecule has 0 spiro atoms. The molecule has 2 heterocycles. The fraction of sp³-hybridized carbons (Fsp3) is 0.474. The van der Waals surface area contributed by atoms with Crippen LogP contribution in [0.2, 0.25) is 0 Å². The number of amides is 1. The molecule has 0 atom stereocenters. The van der Waals surface area contributed by atoms with E-state index in [1.165, 1.54) is 0 Å². The van der Waals surface area contributed by atoms with Gasteiger partial charge in [-0.1, -0.05) is 12.1 Å². The Labute approximate surface area is 153 Å². The number of ether oxygens (including phenoxy) is 2. The van der Waals surface area contributed by atoms with Gasteiger partial charge in [0.15, 0.2) is 0 Å². The van der Waals surface area contributed by atoms with Crippen molar-refractivity contribution in [3.8, 4) is 17.0 Å². The van der Waals surface area contributed by atoms with Gasteiger partial charge in [-0.2, -0.15) is 5.10 Å². The van der Waals surface area contributed by atoms with Gasteiger partial charge in [0.25, 0.3) is 5.91 Å². The van der Waals surface area contributed by atoms with Crippen LogP contribution in [-0.4, -0.2) is 66.5 Å². The number of nitrogens with one attached hydrogen (secondary N) is 2. The zero-order chi connectivity index (χ0) is 18.6. The molecule has 3 rings (SSSR count). The number of nitrogens with zero attached hydrogens (tertiary/aromatic N) is 2. The number of hydrogen-bond donors (Lipinski definition) is 2. The lowest BCUT2D eigenvalue weighted by Crippen LogP contribution is -2.53. The molecule has 26 heavy (non-hydrogen) atoms. The van der Waals surface area contributed by atoms with Gasteiger partial charge in [-0.15, -0.1) is 0 Å². The Morgan fingerprint density at radius 3 is 2.88 bits per heavy atom. The minimum Gasteiger partial charge on any atom is -0.497 e. The molecule has 1 aliphatic rings. The second-order valence-corrected chi connectivity index (χ2v) is 7.12. The summed E-state index contributed by atoms with van der Waals surface area (Å²) >= 11 is 0. The number of aromatic amines is 1. The van der Waals surface area contributed by atoms with Gasteiger partial charge in [0.05, 0.1) is 37.8 Å². The van der Waals surface area contributed by atoms with E-state index in [1.54, 1.807) is 13.3 Å². The standard InChI is InChI=1S/C19H26N4O3/c1-19(2,13-23-7-9-26-10-8-23)21-18(24)16-12-20-22-17(16)14-5-4-6-15(11-14)25-3/h4-6,11-12H,7-10,13H2,1-3H3,(H,20,22)(H,21,24). The maximum Gasteiger partial charge on any atom is 0.255 e. The zero-order valence-corrected chi connectivity index (χ0v) is 15.5. The largest absolute Gasteiger partial charge is 0.497 e. The fourth-order valence-corrected chi connectivity index (χ4v) is 3.19. The number of hydrogen-bond acceptors (Lipinski definition) is 5. The Morgan fingerprint density at radius 1 is 1.38 bits per heavy atom. The molecule has 7 heteroatoms. The third-order valence-electron chi connectivity index (χ3n) is 4.42. The van der Waals surface area contributed by atoms with Crippen LogP contribution in [0, 0.1) is 0 Å². The van der Waals surface area contributed by atoms with Crippen molar-refractivity contribution < 1.29 is 14.3 Å². The maximum atomic E-state index is 12.9. The first kappa shape index (κ1) is 18.4. The highest BCUT2D eigenvalue weighted by atomic mass is 16.5. The van der Waals surface area contributed by atoms with Crippen molar-refractivity contribution in [2.45, 2.75) is 19.4 Å². The molecular formula is C19H26N4O3. The topological polar surface area (TPSA) is 79.5 Å². The number of H-pyrrole nitrogens is 1. The molecule has 140 valence electrons. The van der Waals surface area contributed by atoms with Gasteiger partial charge >= 0.3 is 0 Å². The molecule has 1 amide bonds. The minimum atomic E-state index is -0.364. The Bertz CT molecular complexity index is 751. The molecule has 0 bridgehead atoms. The Morgan fingerprint density at radius 2 is 2.15 bits per heavy atom. The van der Waals surface area contributed by atoms with Crippen LogP contribution in [0.1, 0.15) is 24.2 Å². The summed E-state index contributed by atoms with van der Waals surface area (Å²) in [5, 5.41) is 10.1. The number of carbonyl (C=O) groups excluding carboxylic acids is 1. The predicted octanol–water partition coefficient (Wildman–Crippen LogP) is 1.93. The van der Waals surface area contributed by atoms with Crippen molar-refractivity contribution in [3.63, 3.8) is 0 Å². The third kappa shape index (κ3) is 4.42. The van der Waals surface area contributed by atoms with E-state index in [-0.39, 0.29) is 11.4 Å². The number of aromatic nitrogens is 2. The molecule has 2 N–H and O–H groups in total. The first-order chi connectivity index (χ1) is 12.5. The van der Waals surface area contributed by atoms with Gasteiger partial charge in [-0.3, -0.25) is 14.8 Å². The number of carbonyl (C=O) groups is 1. The van der Waals surface area contributed by atoms with Gasteiger partial charge in [0.2, 0.25) is 0 Å². The van der Waals surface area contributed by atoms with E-state index in [0.29, 0.717) is 11.3 Å². The molecule has 0 unspecified atom stereocenters. The number of morpholine rings is 1. The highest BCUT2D eigenvalue weighted by Gasteiger charge is 2.27. The third-order valence-corrected chi connectivity index (χ3v) is 4.42. The second kappa shape index (κ2) is 7.88. The maximum absolute atomic E-state index is 12.9. The van der Waals surface area contributed by atoms with E-state index in [0.717, 1.165) is 44.2 Å². The fourth-order valence-electron chi connectivity index (χ4n) is 3.19. The number of rotatable bonds is 6. The summed E-state index contributed by atoms with van der Waals surface area (Å²) in [6.07, 6.45) is 1.56. The molecule has 1 aromatic heterocycles. The summed E-state index contributed by atoms with van der Waals surface area (Å²) in [7, 11) is 1.62. The SMILES string of the molecule is COc1cccc(-c2[nH]ncc2C(=O)NC(C)(C)CN2CCOCC2)c1. The lowest BCUT2D eigenvalue weighted by Gasteiger charge is -2.35. The van der Waals surface area contributed by atoms with Crippen LogP contribution in [0.3, 0.4) is 0 Å². The van der Waals surface area contributed by atoms with Crippen molar-refractivity contribution in [2.24, 2.45) is 0 Å². The van der Waals surface area contributed by atoms with Crippen molar-refractivity contribution in [1.29, 1.82) is 0 Å². The number of methoxy groups -OCH3 is 1. The van der Waals surface area contributed by atoms with Gasteiger partial charge in [0, 0.05) is 30.7 Å². The smallest absolute Gasteiger partial charge is 0.255 e. The van der Waals surface area contributed by atoms with Crippen LogP contribution in [0.15, 0.2) is 30.5 Å². The van der Waals surface area contributed by atoms with Crippen LogP contribution in [0.5, 0.6) is 5.75 Å². The van der Waals surface area contributed by atoms with Crippen molar-refractivity contribution in [1.82, 2.24) is 20.4 Å². The van der Waals surface area contributed by atoms with Crippen LogP contribution >= 0.6 is 0 Å². The molecule has 0 aliphatic carbocycles. The van der Waals surface area contributed by atoms with Crippen LogP contribution < -0.4 is 10.1 Å². The molecule has 0 radical (unpaired) electrons. The number of benzene rings is 1. The summed E-state index contributed by atoms with van der Waals surface area (Å²) in [6, 6.07) is 7.55. The van der Waals surface area contributed by atoms with Gasteiger partial charge in [-0.05, 0) is 26.0 Å². The van der Waals surface area contributed by atoms with E-state index in [1.807, 2.05) is 38.1 Å². The van der Waals surface area contributed by atoms with Crippen LogP contribution in [0.4, 0.5) is 0 Å². The normalized spacial score (nSPS) is 15.7. The lowest BCUT2D eigenvalue weighted by atomic mass is 10.0. The van der Waals surface area contributed by atoms with E-state index in [9.17, 15) is 4.79 Å². The van der Waals surface area contributed by atoms with Crippen molar-refractivity contribution in [3.05, 3.63) is 36.0 Å². The van der Waals surface area contributed by atoms with E-state index in [4.69, 9.17) is 9.47 Å². The minimum absolute atomic E-state index is 0.144. The Hall–Kier alpha value is -2.38. The highest BCUT2D eigenvalue weighted by molar-refractivity contribution is 6.00. The summed E-state index contributed by atoms with van der Waals surface area (Å²) in [5.41, 5.74) is 1.70. The van der Waals surface area contributed by atoms with E-state index in [2.05, 4.69) is 20.4 Å². The predicted molar refractivity (Wildman–Crippen MR) is 99.4 cm³/mol. The summed E-state index contributed by atoms with van der Waals surface area (Å²) in [4.78, 5) is 15.2. The van der Waals surface area contributed by atoms with Gasteiger partial charge in [0.1, 0.15) is 5.75 Å². The first-order valence-electron chi connectivity index (χ1n) is 8.79. The average Bonchev–Trinajstić information content (AvgIpc) is 3.12. The molecule has 0 saturated carbocycles.